The number of aromatic amines is 1. The van der Waals surface area contributed by atoms with Gasteiger partial charge < -0.3 is 9.54 Å². The van der Waals surface area contributed by atoms with Gasteiger partial charge in [0, 0.05) is 0 Å². The highest BCUT2D eigenvalue weighted by Gasteiger charge is 2.31. The van der Waals surface area contributed by atoms with E-state index in [-0.39, 0.29) is 16.7 Å². The third-order valence-corrected chi connectivity index (χ3v) is 5.31. The molecule has 0 aliphatic carbocycles. The fourth-order valence-corrected chi connectivity index (χ4v) is 3.28. The van der Waals surface area contributed by atoms with Gasteiger partial charge in [-0.2, -0.15) is 18.3 Å². The predicted molar refractivity (Wildman–Crippen MR) is 97.3 cm³/mol. The Morgan fingerprint density at radius 3 is 2.36 bits per heavy atom. The van der Waals surface area contributed by atoms with Gasteiger partial charge in [0.1, 0.15) is 16.5 Å². The molecule has 0 bridgehead atoms. The molecule has 0 radical (unpaired) electrons. The number of hydrogen-bond acceptors (Lipinski definition) is 4. The molecule has 28 heavy (non-hydrogen) atoms. The van der Waals surface area contributed by atoms with Crippen LogP contribution in [-0.2, 0) is 17.3 Å². The number of halogens is 3. The zero-order valence-corrected chi connectivity index (χ0v) is 15.9. The van der Waals surface area contributed by atoms with Crippen LogP contribution in [0.25, 0.3) is 11.0 Å². The minimum atomic E-state index is -4.44. The molecule has 0 fully saturated rings. The summed E-state index contributed by atoms with van der Waals surface area (Å²) in [6, 6.07) is 4.03. The van der Waals surface area contributed by atoms with Gasteiger partial charge in [-0.15, -0.1) is 0 Å². The first-order chi connectivity index (χ1) is 13.0. The molecule has 0 aliphatic rings. The van der Waals surface area contributed by atoms with Crippen molar-refractivity contribution in [3.8, 4) is 0 Å². The zero-order valence-electron chi connectivity index (χ0n) is 15.1. The van der Waals surface area contributed by atoms with E-state index in [0.29, 0.717) is 11.4 Å². The van der Waals surface area contributed by atoms with Crippen molar-refractivity contribution in [2.45, 2.75) is 38.2 Å². The topological polar surface area (TPSA) is 101 Å². The quantitative estimate of drug-likeness (QED) is 0.638. The Hall–Kier alpha value is -2.53. The number of nitrogens with one attached hydrogen (secondary N) is 1. The number of fused-ring (bicyclic) bond motifs is 1. The van der Waals surface area contributed by atoms with Gasteiger partial charge in [-0.3, -0.25) is 4.79 Å². The first kappa shape index (κ1) is 20.2. The van der Waals surface area contributed by atoms with Crippen LogP contribution in [0.3, 0.4) is 0 Å². The Morgan fingerprint density at radius 1 is 1.21 bits per heavy atom. The van der Waals surface area contributed by atoms with Gasteiger partial charge in [0.2, 0.25) is 0 Å². The van der Waals surface area contributed by atoms with E-state index in [9.17, 15) is 26.7 Å². The molecule has 3 rings (SSSR count). The molecule has 2 heterocycles. The SMILES string of the molecule is Cc1nc2c(c([C@H](C)S(=O)O)nn2[C@@H](C)c2ccc(C(F)(F)F)cc2)c(=O)[nH]1. The average Bonchev–Trinajstić information content (AvgIpc) is 2.99. The van der Waals surface area contributed by atoms with Gasteiger partial charge in [0.15, 0.2) is 16.7 Å². The lowest BCUT2D eigenvalue weighted by Crippen LogP contribution is -2.14. The molecule has 1 aromatic carbocycles. The summed E-state index contributed by atoms with van der Waals surface area (Å²) in [5.74, 6) is 0.322. The highest BCUT2D eigenvalue weighted by atomic mass is 32.2. The second-order valence-corrected chi connectivity index (χ2v) is 7.65. The molecular formula is C17H17F3N4O3S. The van der Waals surface area contributed by atoms with Gasteiger partial charge >= 0.3 is 6.18 Å². The third-order valence-electron chi connectivity index (χ3n) is 4.48. The molecule has 0 saturated carbocycles. The highest BCUT2D eigenvalue weighted by Crippen LogP contribution is 2.32. The normalized spacial score (nSPS) is 15.5. The maximum absolute atomic E-state index is 12.8. The van der Waals surface area contributed by atoms with Gasteiger partial charge in [0.25, 0.3) is 5.56 Å². The molecule has 150 valence electrons. The van der Waals surface area contributed by atoms with E-state index in [0.717, 1.165) is 12.1 Å². The van der Waals surface area contributed by atoms with Crippen molar-refractivity contribution in [2.24, 2.45) is 0 Å². The summed E-state index contributed by atoms with van der Waals surface area (Å²) in [7, 11) is 0. The maximum atomic E-state index is 12.8. The molecule has 1 unspecified atom stereocenters. The first-order valence-corrected chi connectivity index (χ1v) is 9.43. The summed E-state index contributed by atoms with van der Waals surface area (Å²) in [5.41, 5.74) is -0.462. The molecule has 7 nitrogen and oxygen atoms in total. The van der Waals surface area contributed by atoms with Crippen LogP contribution in [0.1, 0.15) is 47.8 Å². The summed E-state index contributed by atoms with van der Waals surface area (Å²) in [5, 5.41) is 3.45. The Morgan fingerprint density at radius 2 is 1.82 bits per heavy atom. The van der Waals surface area contributed by atoms with Crippen molar-refractivity contribution in [3.05, 3.63) is 57.3 Å². The van der Waals surface area contributed by atoms with E-state index in [2.05, 4.69) is 15.1 Å². The summed E-state index contributed by atoms with van der Waals surface area (Å²) in [6.07, 6.45) is -4.44. The van der Waals surface area contributed by atoms with Gasteiger partial charge in [0.05, 0.1) is 17.3 Å². The fourth-order valence-electron chi connectivity index (χ4n) is 2.92. The molecule has 0 aliphatic heterocycles. The number of aromatic nitrogens is 4. The van der Waals surface area contributed by atoms with E-state index >= 15 is 0 Å². The van der Waals surface area contributed by atoms with Crippen LogP contribution in [0.2, 0.25) is 0 Å². The molecule has 3 aromatic rings. The fraction of sp³-hybridized carbons (Fsp3) is 0.353. The number of aryl methyl sites for hydroxylation is 1. The van der Waals surface area contributed by atoms with Crippen LogP contribution in [0.5, 0.6) is 0 Å². The van der Waals surface area contributed by atoms with E-state index in [1.54, 1.807) is 13.8 Å². The second kappa shape index (κ2) is 7.13. The summed E-state index contributed by atoms with van der Waals surface area (Å²) >= 11 is -2.27. The van der Waals surface area contributed by atoms with E-state index < -0.39 is 39.7 Å². The van der Waals surface area contributed by atoms with Gasteiger partial charge in [-0.05, 0) is 38.5 Å². The minimum absolute atomic E-state index is 0.0826. The van der Waals surface area contributed by atoms with Crippen molar-refractivity contribution in [1.82, 2.24) is 19.7 Å². The van der Waals surface area contributed by atoms with E-state index in [1.165, 1.54) is 23.7 Å². The number of rotatable bonds is 4. The van der Waals surface area contributed by atoms with Crippen molar-refractivity contribution >= 4 is 22.1 Å². The van der Waals surface area contributed by atoms with Crippen molar-refractivity contribution < 1.29 is 21.9 Å². The van der Waals surface area contributed by atoms with Crippen molar-refractivity contribution in [2.75, 3.05) is 0 Å². The van der Waals surface area contributed by atoms with Crippen LogP contribution >= 0.6 is 0 Å². The molecule has 11 heteroatoms. The van der Waals surface area contributed by atoms with Gasteiger partial charge in [-0.1, -0.05) is 12.1 Å². The van der Waals surface area contributed by atoms with E-state index in [4.69, 9.17) is 0 Å². The molecule has 2 aromatic heterocycles. The summed E-state index contributed by atoms with van der Waals surface area (Å²) in [4.78, 5) is 19.2. The Balaban J connectivity index is 2.17. The summed E-state index contributed by atoms with van der Waals surface area (Å²) < 4.78 is 60.7. The zero-order chi connectivity index (χ0) is 20.8. The first-order valence-electron chi connectivity index (χ1n) is 8.26. The summed E-state index contributed by atoms with van der Waals surface area (Å²) in [6.45, 7) is 4.72. The van der Waals surface area contributed by atoms with Crippen LogP contribution in [0.15, 0.2) is 29.1 Å². The Kier molecular flexibility index (Phi) is 5.15. The average molecular weight is 414 g/mol. The number of benzene rings is 1. The molecule has 3 atom stereocenters. The lowest BCUT2D eigenvalue weighted by atomic mass is 10.1. The number of alkyl halides is 3. The molecule has 0 spiro atoms. The van der Waals surface area contributed by atoms with Crippen LogP contribution in [0, 0.1) is 6.92 Å². The number of hydrogen-bond donors (Lipinski definition) is 2. The van der Waals surface area contributed by atoms with Crippen LogP contribution in [-0.4, -0.2) is 28.5 Å². The molecule has 0 amide bonds. The Bertz CT molecular complexity index is 1110. The van der Waals surface area contributed by atoms with Crippen LogP contribution in [0.4, 0.5) is 13.2 Å². The lowest BCUT2D eigenvalue weighted by molar-refractivity contribution is -0.137. The monoisotopic (exact) mass is 414 g/mol. The molecular weight excluding hydrogens is 397 g/mol. The minimum Gasteiger partial charge on any atom is -0.310 e. The van der Waals surface area contributed by atoms with Crippen molar-refractivity contribution in [3.63, 3.8) is 0 Å². The largest absolute Gasteiger partial charge is 0.416 e. The number of nitrogens with zero attached hydrogens (tertiary/aromatic N) is 3. The second-order valence-electron chi connectivity index (χ2n) is 6.39. The molecule has 2 N–H and O–H groups in total. The smallest absolute Gasteiger partial charge is 0.310 e. The third kappa shape index (κ3) is 3.59. The number of H-pyrrole nitrogens is 1. The highest BCUT2D eigenvalue weighted by molar-refractivity contribution is 7.79. The van der Waals surface area contributed by atoms with Gasteiger partial charge in [-0.25, -0.2) is 13.9 Å². The predicted octanol–water partition coefficient (Wildman–Crippen LogP) is 3.34. The lowest BCUT2D eigenvalue weighted by Gasteiger charge is -2.15. The molecule has 0 saturated heterocycles. The Labute approximate surface area is 159 Å². The standard InChI is InChI=1S/C17H17F3N4O3S/c1-8(11-4-6-12(7-5-11)17(18,19)20)24-15-13(16(25)22-10(3)21-15)14(23-24)9(2)28(26)27/h4-9H,1-3H3,(H,26,27)(H,21,22,25)/t8-,9-/m0/s1. The van der Waals surface area contributed by atoms with E-state index in [1.807, 2.05) is 0 Å². The van der Waals surface area contributed by atoms with Crippen molar-refractivity contribution in [1.29, 1.82) is 0 Å². The van der Waals surface area contributed by atoms with Crippen LogP contribution < -0.4 is 5.56 Å². The maximum Gasteiger partial charge on any atom is 0.416 e.